The summed E-state index contributed by atoms with van der Waals surface area (Å²) in [6, 6.07) is 8.03. The third-order valence-corrected chi connectivity index (χ3v) is 7.00. The molecule has 7 nitrogen and oxygen atoms in total. The largest absolute Gasteiger partial charge is 0.425 e. The number of nitrogens with zero attached hydrogens (tertiary/aromatic N) is 5. The van der Waals surface area contributed by atoms with Gasteiger partial charge >= 0.3 is 0 Å². The highest BCUT2D eigenvalue weighted by atomic mass is 16.4. The molecule has 3 heterocycles. The molecule has 30 heavy (non-hydrogen) atoms. The van der Waals surface area contributed by atoms with Crippen molar-refractivity contribution in [1.29, 1.82) is 0 Å². The highest BCUT2D eigenvalue weighted by molar-refractivity contribution is 5.95. The van der Waals surface area contributed by atoms with Gasteiger partial charge in [-0.1, -0.05) is 0 Å². The van der Waals surface area contributed by atoms with Crippen LogP contribution in [0.1, 0.15) is 54.7 Å². The SMILES string of the molecule is CCN(CC)c1ccc(C(=O)N2CC(c3nnc(C)o3)C3(CCN(C)CC3)C2)cc1. The van der Waals surface area contributed by atoms with Crippen molar-refractivity contribution in [2.24, 2.45) is 5.41 Å². The molecule has 0 bridgehead atoms. The van der Waals surface area contributed by atoms with E-state index < -0.39 is 0 Å². The molecule has 1 aromatic heterocycles. The minimum absolute atomic E-state index is 0.0162. The van der Waals surface area contributed by atoms with Crippen LogP contribution in [-0.4, -0.2) is 72.2 Å². The molecule has 2 aliphatic rings. The lowest BCUT2D eigenvalue weighted by atomic mass is 9.71. The molecule has 1 amide bonds. The summed E-state index contributed by atoms with van der Waals surface area (Å²) in [4.78, 5) is 20.0. The lowest BCUT2D eigenvalue weighted by Crippen LogP contribution is -2.42. The summed E-state index contributed by atoms with van der Waals surface area (Å²) in [7, 11) is 2.16. The van der Waals surface area contributed by atoms with E-state index in [2.05, 4.69) is 53.0 Å². The van der Waals surface area contributed by atoms with E-state index >= 15 is 0 Å². The first-order valence-corrected chi connectivity index (χ1v) is 11.1. The van der Waals surface area contributed by atoms with Gasteiger partial charge in [-0.15, -0.1) is 10.2 Å². The third-order valence-electron chi connectivity index (χ3n) is 7.00. The van der Waals surface area contributed by atoms with Gasteiger partial charge < -0.3 is 19.1 Å². The first-order valence-electron chi connectivity index (χ1n) is 11.1. The summed E-state index contributed by atoms with van der Waals surface area (Å²) in [5.74, 6) is 1.47. The van der Waals surface area contributed by atoms with Crippen LogP contribution in [0.15, 0.2) is 28.7 Å². The van der Waals surface area contributed by atoms with Crippen LogP contribution in [0.4, 0.5) is 5.69 Å². The third kappa shape index (κ3) is 3.83. The van der Waals surface area contributed by atoms with Gasteiger partial charge in [0.05, 0.1) is 5.92 Å². The van der Waals surface area contributed by atoms with E-state index in [0.717, 1.165) is 56.8 Å². The molecule has 7 heteroatoms. The molecule has 2 aromatic rings. The fourth-order valence-corrected chi connectivity index (χ4v) is 5.07. The molecule has 1 spiro atoms. The van der Waals surface area contributed by atoms with E-state index in [4.69, 9.17) is 4.42 Å². The van der Waals surface area contributed by atoms with Crippen molar-refractivity contribution in [3.8, 4) is 0 Å². The Balaban J connectivity index is 1.56. The summed E-state index contributed by atoms with van der Waals surface area (Å²) in [5.41, 5.74) is 1.92. The Morgan fingerprint density at radius 3 is 2.40 bits per heavy atom. The van der Waals surface area contributed by atoms with Crippen molar-refractivity contribution in [2.75, 3.05) is 51.2 Å². The molecule has 4 rings (SSSR count). The molecule has 1 aromatic carbocycles. The number of carbonyl (C=O) groups is 1. The van der Waals surface area contributed by atoms with Crippen LogP contribution in [0.3, 0.4) is 0 Å². The standard InChI is InChI=1S/C23H33N5O2/c1-5-27(6-2)19-9-7-18(8-10-19)22(29)28-15-20(21-25-24-17(3)30-21)23(16-28)11-13-26(4)14-12-23/h7-10,20H,5-6,11-16H2,1-4H3. The predicted molar refractivity (Wildman–Crippen MR) is 117 cm³/mol. The average Bonchev–Trinajstić information content (AvgIpc) is 3.35. The predicted octanol–water partition coefficient (Wildman–Crippen LogP) is 3.18. The highest BCUT2D eigenvalue weighted by Crippen LogP contribution is 2.49. The van der Waals surface area contributed by atoms with E-state index in [1.54, 1.807) is 0 Å². The summed E-state index contributed by atoms with van der Waals surface area (Å²) < 4.78 is 5.84. The van der Waals surface area contributed by atoms with Crippen molar-refractivity contribution in [1.82, 2.24) is 20.0 Å². The van der Waals surface area contributed by atoms with Gasteiger partial charge in [0.15, 0.2) is 0 Å². The van der Waals surface area contributed by atoms with Crippen molar-refractivity contribution < 1.29 is 9.21 Å². The molecule has 2 saturated heterocycles. The molecule has 1 atom stereocenters. The monoisotopic (exact) mass is 411 g/mol. The van der Waals surface area contributed by atoms with Gasteiger partial charge in [0.1, 0.15) is 0 Å². The Hall–Kier alpha value is -2.41. The smallest absolute Gasteiger partial charge is 0.253 e. The van der Waals surface area contributed by atoms with Crippen molar-refractivity contribution in [3.63, 3.8) is 0 Å². The van der Waals surface area contributed by atoms with E-state index in [1.807, 2.05) is 24.0 Å². The van der Waals surface area contributed by atoms with Gasteiger partial charge in [0.2, 0.25) is 11.8 Å². The van der Waals surface area contributed by atoms with Crippen molar-refractivity contribution in [3.05, 3.63) is 41.6 Å². The zero-order valence-electron chi connectivity index (χ0n) is 18.6. The van der Waals surface area contributed by atoms with Crippen LogP contribution >= 0.6 is 0 Å². The minimum Gasteiger partial charge on any atom is -0.425 e. The van der Waals surface area contributed by atoms with Crippen molar-refractivity contribution in [2.45, 2.75) is 39.5 Å². The molecule has 0 N–H and O–H groups in total. The Bertz CT molecular complexity index is 866. The lowest BCUT2D eigenvalue weighted by molar-refractivity contribution is 0.0727. The fourth-order valence-electron chi connectivity index (χ4n) is 5.07. The molecule has 1 unspecified atom stereocenters. The van der Waals surface area contributed by atoms with Gasteiger partial charge in [-0.2, -0.15) is 0 Å². The zero-order chi connectivity index (χ0) is 21.3. The van der Waals surface area contributed by atoms with Gasteiger partial charge in [-0.3, -0.25) is 4.79 Å². The first-order chi connectivity index (χ1) is 14.5. The van der Waals surface area contributed by atoms with Gasteiger partial charge in [-0.25, -0.2) is 0 Å². The Kier molecular flexibility index (Phi) is 5.82. The summed E-state index contributed by atoms with van der Waals surface area (Å²) >= 11 is 0. The van der Waals surface area contributed by atoms with Crippen molar-refractivity contribution >= 4 is 11.6 Å². The summed E-state index contributed by atoms with van der Waals surface area (Å²) in [6.45, 7) is 11.5. The van der Waals surface area contributed by atoms with Crippen LogP contribution in [0.5, 0.6) is 0 Å². The van der Waals surface area contributed by atoms with Gasteiger partial charge in [0.25, 0.3) is 5.91 Å². The maximum Gasteiger partial charge on any atom is 0.253 e. The van der Waals surface area contributed by atoms with E-state index in [-0.39, 0.29) is 17.2 Å². The van der Waals surface area contributed by atoms with Crippen LogP contribution in [0.2, 0.25) is 0 Å². The topological polar surface area (TPSA) is 65.7 Å². The molecule has 162 valence electrons. The first kappa shape index (κ1) is 20.8. The Morgan fingerprint density at radius 1 is 1.17 bits per heavy atom. The molecular weight excluding hydrogens is 378 g/mol. The summed E-state index contributed by atoms with van der Waals surface area (Å²) in [6.07, 6.45) is 2.08. The molecule has 2 fully saturated rings. The average molecular weight is 412 g/mol. The Labute approximate surface area is 179 Å². The quantitative estimate of drug-likeness (QED) is 0.753. The maximum atomic E-state index is 13.4. The number of benzene rings is 1. The fraction of sp³-hybridized carbons (Fsp3) is 0.609. The van der Waals surface area contributed by atoms with Crippen LogP contribution in [-0.2, 0) is 0 Å². The number of piperidine rings is 1. The number of amides is 1. The van der Waals surface area contributed by atoms with Crippen LogP contribution < -0.4 is 4.90 Å². The second-order valence-corrected chi connectivity index (χ2v) is 8.78. The van der Waals surface area contributed by atoms with Crippen LogP contribution in [0, 0.1) is 12.3 Å². The van der Waals surface area contributed by atoms with E-state index in [9.17, 15) is 4.79 Å². The number of aromatic nitrogens is 2. The number of aryl methyl sites for hydroxylation is 1. The number of hydrogen-bond acceptors (Lipinski definition) is 6. The molecule has 0 saturated carbocycles. The second-order valence-electron chi connectivity index (χ2n) is 8.78. The second kappa shape index (κ2) is 8.38. The highest BCUT2D eigenvalue weighted by Gasteiger charge is 2.51. The Morgan fingerprint density at radius 2 is 1.83 bits per heavy atom. The van der Waals surface area contributed by atoms with E-state index in [1.165, 1.54) is 0 Å². The van der Waals surface area contributed by atoms with Gasteiger partial charge in [-0.05, 0) is 71.1 Å². The number of hydrogen-bond donors (Lipinski definition) is 0. The lowest BCUT2D eigenvalue weighted by Gasteiger charge is -2.40. The normalized spacial score (nSPS) is 21.3. The maximum absolute atomic E-state index is 13.4. The minimum atomic E-state index is 0.0162. The van der Waals surface area contributed by atoms with Gasteiger partial charge in [0, 0.05) is 49.8 Å². The molecular formula is C23H33N5O2. The van der Waals surface area contributed by atoms with E-state index in [0.29, 0.717) is 18.3 Å². The zero-order valence-corrected chi connectivity index (χ0v) is 18.6. The molecule has 2 aliphatic heterocycles. The van der Waals surface area contributed by atoms with Crippen LogP contribution in [0.25, 0.3) is 0 Å². The number of likely N-dealkylation sites (tertiary alicyclic amines) is 2. The molecule has 0 radical (unpaired) electrons. The number of anilines is 1. The molecule has 0 aliphatic carbocycles. The summed E-state index contributed by atoms with van der Waals surface area (Å²) in [5, 5.41) is 8.40. The number of rotatable bonds is 5. The number of carbonyl (C=O) groups excluding carboxylic acids is 1.